The summed E-state index contributed by atoms with van der Waals surface area (Å²) in [7, 11) is 0. The van der Waals surface area contributed by atoms with Crippen LogP contribution in [0.2, 0.25) is 0 Å². The molecule has 1 aromatic rings. The summed E-state index contributed by atoms with van der Waals surface area (Å²) in [5.74, 6) is 1.96. The number of hydrogen-bond acceptors (Lipinski definition) is 7. The minimum absolute atomic E-state index is 0.152. The number of carbonyl (C=O) groups is 1. The highest BCUT2D eigenvalue weighted by Gasteiger charge is 2.34. The molecule has 0 radical (unpaired) electrons. The highest BCUT2D eigenvalue weighted by Crippen LogP contribution is 2.26. The molecule has 0 spiro atoms. The van der Waals surface area contributed by atoms with Gasteiger partial charge in [-0.2, -0.15) is 4.98 Å². The number of hydrogen-bond donors (Lipinski definition) is 0. The van der Waals surface area contributed by atoms with Gasteiger partial charge in [0.2, 0.25) is 11.8 Å². The van der Waals surface area contributed by atoms with Crippen molar-refractivity contribution in [2.75, 3.05) is 57.4 Å². The maximum Gasteiger partial charge on any atom is 0.266 e. The van der Waals surface area contributed by atoms with Crippen molar-refractivity contribution in [3.8, 4) is 0 Å². The first-order valence-electron chi connectivity index (χ1n) is 10.9. The van der Waals surface area contributed by atoms with Gasteiger partial charge in [0, 0.05) is 45.2 Å². The maximum atomic E-state index is 12.9. The Kier molecular flexibility index (Phi) is 6.47. The minimum Gasteiger partial charge on any atom is -0.378 e. The number of nitrogens with zero attached hydrogens (tertiary/aromatic N) is 5. The van der Waals surface area contributed by atoms with E-state index < -0.39 is 0 Å². The molecule has 3 saturated heterocycles. The quantitative estimate of drug-likeness (QED) is 0.754. The molecule has 3 aliphatic rings. The summed E-state index contributed by atoms with van der Waals surface area (Å²) in [5, 5.41) is 4.15. The van der Waals surface area contributed by atoms with Gasteiger partial charge in [-0.05, 0) is 43.8 Å². The van der Waals surface area contributed by atoms with Gasteiger partial charge in [-0.25, -0.2) is 0 Å². The molecular weight excluding hydrogens is 358 g/mol. The number of piperidine rings is 2. The van der Waals surface area contributed by atoms with Gasteiger partial charge in [-0.1, -0.05) is 6.92 Å². The van der Waals surface area contributed by atoms with Gasteiger partial charge in [-0.15, -0.1) is 0 Å². The summed E-state index contributed by atoms with van der Waals surface area (Å²) in [6.07, 6.45) is 6.19. The van der Waals surface area contributed by atoms with E-state index >= 15 is 0 Å². The summed E-state index contributed by atoms with van der Waals surface area (Å²) < 4.78 is 10.7. The van der Waals surface area contributed by atoms with E-state index in [0.29, 0.717) is 25.2 Å². The second-order valence-electron chi connectivity index (χ2n) is 8.23. The van der Waals surface area contributed by atoms with Crippen LogP contribution in [0.25, 0.3) is 0 Å². The third-order valence-electron chi connectivity index (χ3n) is 6.31. The highest BCUT2D eigenvalue weighted by atomic mass is 16.5. The molecule has 3 aliphatic heterocycles. The van der Waals surface area contributed by atoms with Crippen LogP contribution >= 0.6 is 0 Å². The van der Waals surface area contributed by atoms with Gasteiger partial charge in [0.1, 0.15) is 0 Å². The summed E-state index contributed by atoms with van der Waals surface area (Å²) >= 11 is 0. The Morgan fingerprint density at radius 3 is 2.64 bits per heavy atom. The predicted molar refractivity (Wildman–Crippen MR) is 105 cm³/mol. The Balaban J connectivity index is 1.28. The van der Waals surface area contributed by atoms with Crippen molar-refractivity contribution >= 4 is 11.9 Å². The molecule has 0 bridgehead atoms. The van der Waals surface area contributed by atoms with Gasteiger partial charge in [0.15, 0.2) is 0 Å². The molecule has 4 rings (SSSR count). The van der Waals surface area contributed by atoms with E-state index in [4.69, 9.17) is 9.26 Å². The van der Waals surface area contributed by atoms with Crippen LogP contribution in [0.5, 0.6) is 0 Å². The van der Waals surface area contributed by atoms with Crippen LogP contribution in [-0.2, 0) is 16.0 Å². The zero-order valence-electron chi connectivity index (χ0n) is 17.0. The number of carbonyl (C=O) groups excluding carboxylic acids is 1. The third-order valence-corrected chi connectivity index (χ3v) is 6.31. The van der Waals surface area contributed by atoms with Crippen molar-refractivity contribution in [3.63, 3.8) is 0 Å². The normalized spacial score (nSPS) is 25.2. The number of amides is 1. The van der Waals surface area contributed by atoms with Crippen molar-refractivity contribution in [2.45, 2.75) is 51.5 Å². The number of likely N-dealkylation sites (tertiary alicyclic amines) is 1. The van der Waals surface area contributed by atoms with Gasteiger partial charge in [-0.3, -0.25) is 9.69 Å². The molecule has 8 heteroatoms. The lowest BCUT2D eigenvalue weighted by Crippen LogP contribution is -2.52. The van der Waals surface area contributed by atoms with Gasteiger partial charge < -0.3 is 19.1 Å². The lowest BCUT2D eigenvalue weighted by molar-refractivity contribution is -0.141. The standard InChI is InChI=1S/C20H33N5O3/c1-2-4-18-21-20(22-28-18)24-9-6-17(7-10-24)25-8-3-5-16(15-25)19(26)23-11-13-27-14-12-23/h16-17H,2-15H2,1H3. The van der Waals surface area contributed by atoms with Gasteiger partial charge in [0.05, 0.1) is 19.1 Å². The molecule has 0 saturated carbocycles. The van der Waals surface area contributed by atoms with Crippen molar-refractivity contribution in [2.24, 2.45) is 5.92 Å². The van der Waals surface area contributed by atoms with Gasteiger partial charge in [0.25, 0.3) is 5.95 Å². The average Bonchev–Trinajstić information content (AvgIpc) is 3.23. The number of anilines is 1. The smallest absolute Gasteiger partial charge is 0.266 e. The van der Waals surface area contributed by atoms with Crippen LogP contribution in [0.1, 0.15) is 44.9 Å². The Morgan fingerprint density at radius 2 is 1.89 bits per heavy atom. The van der Waals surface area contributed by atoms with Crippen LogP contribution in [0, 0.1) is 5.92 Å². The van der Waals surface area contributed by atoms with E-state index in [1.165, 1.54) is 0 Å². The molecule has 0 aliphatic carbocycles. The largest absolute Gasteiger partial charge is 0.378 e. The molecule has 1 atom stereocenters. The average molecular weight is 392 g/mol. The van der Waals surface area contributed by atoms with Gasteiger partial charge >= 0.3 is 0 Å². The fraction of sp³-hybridized carbons (Fsp3) is 0.850. The number of aryl methyl sites for hydroxylation is 1. The monoisotopic (exact) mass is 391 g/mol. The SMILES string of the molecule is CCCc1nc(N2CCC(N3CCCC(C(=O)N4CCOCC4)C3)CC2)no1. The summed E-state index contributed by atoms with van der Waals surface area (Å²) in [4.78, 5) is 24.2. The molecular formula is C20H33N5O3. The highest BCUT2D eigenvalue weighted by molar-refractivity contribution is 5.79. The minimum atomic E-state index is 0.152. The van der Waals surface area contributed by atoms with E-state index in [0.717, 1.165) is 89.6 Å². The predicted octanol–water partition coefficient (Wildman–Crippen LogP) is 1.56. The first-order valence-corrected chi connectivity index (χ1v) is 10.9. The van der Waals surface area contributed by atoms with Crippen molar-refractivity contribution < 1.29 is 14.1 Å². The summed E-state index contributed by atoms with van der Waals surface area (Å²) in [5.41, 5.74) is 0. The molecule has 1 unspecified atom stereocenters. The molecule has 1 aromatic heterocycles. The number of aromatic nitrogens is 2. The van der Waals surface area contributed by atoms with Crippen LogP contribution in [-0.4, -0.2) is 84.4 Å². The topological polar surface area (TPSA) is 74.9 Å². The Labute approximate surface area is 167 Å². The van der Waals surface area contributed by atoms with Crippen molar-refractivity contribution in [1.29, 1.82) is 0 Å². The molecule has 0 aromatic carbocycles. The summed E-state index contributed by atoms with van der Waals surface area (Å²) in [6, 6.07) is 0.554. The fourth-order valence-corrected chi connectivity index (χ4v) is 4.70. The lowest BCUT2D eigenvalue weighted by Gasteiger charge is -2.42. The zero-order valence-corrected chi connectivity index (χ0v) is 17.0. The molecule has 3 fully saturated rings. The Morgan fingerprint density at radius 1 is 1.11 bits per heavy atom. The zero-order chi connectivity index (χ0) is 19.3. The molecule has 28 heavy (non-hydrogen) atoms. The van der Waals surface area contributed by atoms with E-state index in [2.05, 4.69) is 26.9 Å². The Bertz CT molecular complexity index is 638. The van der Waals surface area contributed by atoms with Crippen LogP contribution < -0.4 is 4.90 Å². The molecule has 8 nitrogen and oxygen atoms in total. The fourth-order valence-electron chi connectivity index (χ4n) is 4.70. The second-order valence-corrected chi connectivity index (χ2v) is 8.23. The van der Waals surface area contributed by atoms with Crippen LogP contribution in [0.4, 0.5) is 5.95 Å². The summed E-state index contributed by atoms with van der Waals surface area (Å²) in [6.45, 7) is 8.89. The molecule has 156 valence electrons. The third kappa shape index (κ3) is 4.49. The molecule has 4 heterocycles. The van der Waals surface area contributed by atoms with Crippen LogP contribution in [0.15, 0.2) is 4.52 Å². The maximum absolute atomic E-state index is 12.9. The lowest BCUT2D eigenvalue weighted by atomic mass is 9.92. The number of rotatable bonds is 5. The Hall–Kier alpha value is -1.67. The second kappa shape index (κ2) is 9.22. The first kappa shape index (κ1) is 19.6. The first-order chi connectivity index (χ1) is 13.7. The van der Waals surface area contributed by atoms with E-state index in [-0.39, 0.29) is 5.92 Å². The molecule has 0 N–H and O–H groups in total. The van der Waals surface area contributed by atoms with Crippen LogP contribution in [0.3, 0.4) is 0 Å². The van der Waals surface area contributed by atoms with Crippen molar-refractivity contribution in [1.82, 2.24) is 19.9 Å². The number of morpholine rings is 1. The number of ether oxygens (including phenoxy) is 1. The van der Waals surface area contributed by atoms with E-state index in [1.807, 2.05) is 4.90 Å². The van der Waals surface area contributed by atoms with E-state index in [9.17, 15) is 4.79 Å². The van der Waals surface area contributed by atoms with Crippen molar-refractivity contribution in [3.05, 3.63) is 5.89 Å². The van der Waals surface area contributed by atoms with E-state index in [1.54, 1.807) is 0 Å². The molecule has 1 amide bonds.